The van der Waals surface area contributed by atoms with Gasteiger partial charge in [-0.05, 0) is 24.5 Å². The maximum absolute atomic E-state index is 11.5. The largest absolute Gasteiger partial charge is 0.385 e. The molecule has 0 unspecified atom stereocenters. The van der Waals surface area contributed by atoms with E-state index in [-0.39, 0.29) is 5.91 Å². The number of para-hydroxylation sites is 1. The minimum absolute atomic E-state index is 0.124. The van der Waals surface area contributed by atoms with Gasteiger partial charge in [-0.3, -0.25) is 4.79 Å². The molecule has 1 N–H and O–H groups in total. The maximum Gasteiger partial charge on any atom is 0.219 e. The number of amides is 1. The monoisotopic (exact) mass is 262 g/mol. The number of nitrogens with zero attached hydrogens (tertiary/aromatic N) is 1. The smallest absolute Gasteiger partial charge is 0.219 e. The Bertz CT molecular complexity index is 403. The van der Waals surface area contributed by atoms with Gasteiger partial charge in [0.2, 0.25) is 5.91 Å². The molecule has 0 saturated carbocycles. The number of carbonyl (C=O) groups is 1. The number of carbonyl (C=O) groups excluding carboxylic acids is 1. The molecular weight excluding hydrogens is 236 g/mol. The molecule has 0 aliphatic heterocycles. The summed E-state index contributed by atoms with van der Waals surface area (Å²) in [5, 5.41) is 3.49. The van der Waals surface area contributed by atoms with E-state index in [2.05, 4.69) is 31.3 Å². The third-order valence-corrected chi connectivity index (χ3v) is 3.54. The summed E-state index contributed by atoms with van der Waals surface area (Å²) in [5.41, 5.74) is 2.32. The second kappa shape index (κ2) is 7.82. The van der Waals surface area contributed by atoms with Crippen molar-refractivity contribution in [3.63, 3.8) is 0 Å². The lowest BCUT2D eigenvalue weighted by molar-refractivity contribution is -0.129. The quantitative estimate of drug-likeness (QED) is 0.815. The van der Waals surface area contributed by atoms with Gasteiger partial charge >= 0.3 is 0 Å². The molecular formula is C16H26N2O. The highest BCUT2D eigenvalue weighted by Crippen LogP contribution is 2.18. The maximum atomic E-state index is 11.5. The fourth-order valence-electron chi connectivity index (χ4n) is 1.91. The third-order valence-electron chi connectivity index (χ3n) is 3.54. The molecule has 0 aliphatic carbocycles. The molecule has 19 heavy (non-hydrogen) atoms. The molecule has 0 aromatic heterocycles. The van der Waals surface area contributed by atoms with Crippen molar-refractivity contribution in [3.05, 3.63) is 29.8 Å². The lowest BCUT2D eigenvalue weighted by Gasteiger charge is -2.22. The summed E-state index contributed by atoms with van der Waals surface area (Å²) in [4.78, 5) is 13.4. The van der Waals surface area contributed by atoms with E-state index in [0.29, 0.717) is 12.5 Å². The Morgan fingerprint density at radius 1 is 1.32 bits per heavy atom. The van der Waals surface area contributed by atoms with Crippen molar-refractivity contribution >= 4 is 11.6 Å². The zero-order valence-corrected chi connectivity index (χ0v) is 12.6. The lowest BCUT2D eigenvalue weighted by Crippen LogP contribution is -2.28. The number of hydrogen-bond acceptors (Lipinski definition) is 2. The molecule has 1 aromatic rings. The van der Waals surface area contributed by atoms with Crippen molar-refractivity contribution in [2.75, 3.05) is 18.4 Å². The molecule has 1 atom stereocenters. The van der Waals surface area contributed by atoms with Crippen LogP contribution in [0.3, 0.4) is 0 Å². The average Bonchev–Trinajstić information content (AvgIpc) is 2.42. The highest BCUT2D eigenvalue weighted by molar-refractivity contribution is 5.73. The molecule has 1 amide bonds. The summed E-state index contributed by atoms with van der Waals surface area (Å²) >= 11 is 0. The van der Waals surface area contributed by atoms with Crippen LogP contribution in [-0.2, 0) is 11.3 Å². The van der Waals surface area contributed by atoms with Crippen molar-refractivity contribution < 1.29 is 4.79 Å². The first kappa shape index (κ1) is 15.5. The third kappa shape index (κ3) is 4.93. The molecule has 0 saturated heterocycles. The molecule has 0 spiro atoms. The number of anilines is 1. The zero-order valence-electron chi connectivity index (χ0n) is 12.6. The zero-order chi connectivity index (χ0) is 14.3. The lowest BCUT2D eigenvalue weighted by atomic mass is 10.1. The minimum Gasteiger partial charge on any atom is -0.385 e. The highest BCUT2D eigenvalue weighted by atomic mass is 16.2. The van der Waals surface area contributed by atoms with Crippen LogP contribution in [0.2, 0.25) is 0 Å². The fourth-order valence-corrected chi connectivity index (χ4v) is 1.91. The van der Waals surface area contributed by atoms with Crippen molar-refractivity contribution in [2.45, 2.75) is 40.7 Å². The second-order valence-electron chi connectivity index (χ2n) is 5.08. The van der Waals surface area contributed by atoms with Gasteiger partial charge in [0.05, 0.1) is 0 Å². The number of hydrogen-bond donors (Lipinski definition) is 1. The molecule has 3 heteroatoms. The van der Waals surface area contributed by atoms with Gasteiger partial charge in [0.25, 0.3) is 0 Å². The fraction of sp³-hybridized carbons (Fsp3) is 0.562. The van der Waals surface area contributed by atoms with Gasteiger partial charge in [0.1, 0.15) is 0 Å². The Labute approximate surface area is 117 Å². The van der Waals surface area contributed by atoms with E-state index in [1.807, 2.05) is 24.0 Å². The van der Waals surface area contributed by atoms with Gasteiger partial charge in [-0.1, -0.05) is 38.5 Å². The van der Waals surface area contributed by atoms with E-state index >= 15 is 0 Å². The first-order chi connectivity index (χ1) is 9.08. The van der Waals surface area contributed by atoms with Crippen LogP contribution >= 0.6 is 0 Å². The normalized spacial score (nSPS) is 12.0. The SMILES string of the molecule is CC[C@@H](C)CNc1ccccc1CN(CC)C(C)=O. The van der Waals surface area contributed by atoms with E-state index in [4.69, 9.17) is 0 Å². The predicted octanol–water partition coefficient (Wildman–Crippen LogP) is 3.51. The Balaban J connectivity index is 2.74. The number of rotatable bonds is 7. The summed E-state index contributed by atoms with van der Waals surface area (Å²) in [6.07, 6.45) is 1.17. The summed E-state index contributed by atoms with van der Waals surface area (Å²) in [6, 6.07) is 8.24. The van der Waals surface area contributed by atoms with Gasteiger partial charge < -0.3 is 10.2 Å². The van der Waals surface area contributed by atoms with Crippen molar-refractivity contribution in [2.24, 2.45) is 5.92 Å². The van der Waals surface area contributed by atoms with Crippen LogP contribution in [0.4, 0.5) is 5.69 Å². The molecule has 0 heterocycles. The van der Waals surface area contributed by atoms with Gasteiger partial charge in [0.15, 0.2) is 0 Å². The summed E-state index contributed by atoms with van der Waals surface area (Å²) in [7, 11) is 0. The first-order valence-corrected chi connectivity index (χ1v) is 7.15. The van der Waals surface area contributed by atoms with Crippen molar-refractivity contribution in [1.82, 2.24) is 4.90 Å². The minimum atomic E-state index is 0.124. The summed E-state index contributed by atoms with van der Waals surface area (Å²) < 4.78 is 0. The van der Waals surface area contributed by atoms with Crippen LogP contribution in [0, 0.1) is 5.92 Å². The molecule has 0 fully saturated rings. The molecule has 0 bridgehead atoms. The number of benzene rings is 1. The summed E-state index contributed by atoms with van der Waals surface area (Å²) in [5.74, 6) is 0.780. The van der Waals surface area contributed by atoms with Crippen LogP contribution in [0.25, 0.3) is 0 Å². The predicted molar refractivity (Wildman–Crippen MR) is 81.2 cm³/mol. The molecule has 0 radical (unpaired) electrons. The van der Waals surface area contributed by atoms with Crippen LogP contribution < -0.4 is 5.32 Å². The van der Waals surface area contributed by atoms with Gasteiger partial charge in [-0.15, -0.1) is 0 Å². The standard InChI is InChI=1S/C16H26N2O/c1-5-13(3)11-17-16-10-8-7-9-15(16)12-18(6-2)14(4)19/h7-10,13,17H,5-6,11-12H2,1-4H3/t13-/m1/s1. The second-order valence-corrected chi connectivity index (χ2v) is 5.08. The Morgan fingerprint density at radius 3 is 2.58 bits per heavy atom. The van der Waals surface area contributed by atoms with Crippen LogP contribution in [0.5, 0.6) is 0 Å². The Morgan fingerprint density at radius 2 is 2.00 bits per heavy atom. The van der Waals surface area contributed by atoms with Crippen molar-refractivity contribution in [3.8, 4) is 0 Å². The topological polar surface area (TPSA) is 32.3 Å². The van der Waals surface area contributed by atoms with Gasteiger partial charge in [-0.25, -0.2) is 0 Å². The molecule has 1 rings (SSSR count). The van der Waals surface area contributed by atoms with Gasteiger partial charge in [-0.2, -0.15) is 0 Å². The Hall–Kier alpha value is -1.51. The van der Waals surface area contributed by atoms with Crippen molar-refractivity contribution in [1.29, 1.82) is 0 Å². The van der Waals surface area contributed by atoms with Gasteiger partial charge in [0, 0.05) is 32.2 Å². The van der Waals surface area contributed by atoms with E-state index in [9.17, 15) is 4.79 Å². The molecule has 106 valence electrons. The molecule has 1 aromatic carbocycles. The van der Waals surface area contributed by atoms with E-state index < -0.39 is 0 Å². The van der Waals surface area contributed by atoms with E-state index in [0.717, 1.165) is 18.8 Å². The first-order valence-electron chi connectivity index (χ1n) is 7.15. The van der Waals surface area contributed by atoms with Crippen LogP contribution in [-0.4, -0.2) is 23.9 Å². The average molecular weight is 262 g/mol. The van der Waals surface area contributed by atoms with E-state index in [1.54, 1.807) is 6.92 Å². The highest BCUT2D eigenvalue weighted by Gasteiger charge is 2.10. The van der Waals surface area contributed by atoms with Crippen LogP contribution in [0.1, 0.15) is 39.7 Å². The van der Waals surface area contributed by atoms with Crippen LogP contribution in [0.15, 0.2) is 24.3 Å². The molecule has 0 aliphatic rings. The summed E-state index contributed by atoms with van der Waals surface area (Å²) in [6.45, 7) is 10.5. The molecule has 3 nitrogen and oxygen atoms in total. The van der Waals surface area contributed by atoms with E-state index in [1.165, 1.54) is 12.0 Å². The Kier molecular flexibility index (Phi) is 6.40. The number of nitrogens with one attached hydrogen (secondary N) is 1.